The monoisotopic (exact) mass is 166 g/mol. The summed E-state index contributed by atoms with van der Waals surface area (Å²) in [6, 6.07) is 0. The number of carbonyl (C=O) groups excluding carboxylic acids is 1. The van der Waals surface area contributed by atoms with Gasteiger partial charge in [-0.2, -0.15) is 0 Å². The highest BCUT2D eigenvalue weighted by atomic mass is 16.6. The van der Waals surface area contributed by atoms with Gasteiger partial charge in [0.2, 0.25) is 6.29 Å². The lowest BCUT2D eigenvalue weighted by Gasteiger charge is -1.98. The summed E-state index contributed by atoms with van der Waals surface area (Å²) < 4.78 is 4.50. The van der Waals surface area contributed by atoms with Crippen LogP contribution >= 0.6 is 0 Å². The van der Waals surface area contributed by atoms with Crippen LogP contribution in [0.15, 0.2) is 36.0 Å². The molecule has 1 unspecified atom stereocenters. The van der Waals surface area contributed by atoms with Gasteiger partial charge in [-0.25, -0.2) is 4.79 Å². The molecule has 0 bridgehead atoms. The number of allylic oxidation sites excluding steroid dienone is 3. The Bertz CT molecular complexity index is 273. The van der Waals surface area contributed by atoms with Crippen LogP contribution in [0.25, 0.3) is 0 Å². The zero-order valence-electron chi connectivity index (χ0n) is 6.78. The quantitative estimate of drug-likeness (QED) is 0.465. The first-order chi connectivity index (χ1) is 5.66. The van der Waals surface area contributed by atoms with E-state index in [4.69, 9.17) is 5.11 Å². The second-order valence-electron chi connectivity index (χ2n) is 2.38. The number of aliphatic hydroxyl groups is 1. The standard InChI is InChI=1S/C9H10O3/c1-3-4-5-7-6(2)8(10)12-9(7)11/h3-5,9,11H,2H2,1H3/b4-3-,7-5+. The molecule has 1 aliphatic heterocycles. The largest absolute Gasteiger partial charge is 0.428 e. The van der Waals surface area contributed by atoms with Crippen LogP contribution in [0.1, 0.15) is 6.92 Å². The van der Waals surface area contributed by atoms with E-state index in [2.05, 4.69) is 11.3 Å². The van der Waals surface area contributed by atoms with Crippen molar-refractivity contribution in [3.05, 3.63) is 36.0 Å². The second kappa shape index (κ2) is 3.36. The first-order valence-electron chi connectivity index (χ1n) is 3.58. The Balaban J connectivity index is 2.90. The topological polar surface area (TPSA) is 46.5 Å². The lowest BCUT2D eigenvalue weighted by molar-refractivity contribution is -0.149. The molecule has 1 atom stereocenters. The van der Waals surface area contributed by atoms with E-state index in [0.717, 1.165) is 0 Å². The fraction of sp³-hybridized carbons (Fsp3) is 0.222. The number of cyclic esters (lactones) is 1. The third-order valence-electron chi connectivity index (χ3n) is 1.55. The van der Waals surface area contributed by atoms with E-state index in [1.807, 2.05) is 6.92 Å². The van der Waals surface area contributed by atoms with Crippen molar-refractivity contribution < 1.29 is 14.6 Å². The zero-order valence-corrected chi connectivity index (χ0v) is 6.78. The number of rotatable bonds is 1. The Hall–Kier alpha value is -1.35. The summed E-state index contributed by atoms with van der Waals surface area (Å²) in [5.74, 6) is -0.557. The van der Waals surface area contributed by atoms with Gasteiger partial charge in [0.25, 0.3) is 0 Å². The molecule has 0 aromatic rings. The van der Waals surface area contributed by atoms with E-state index in [1.54, 1.807) is 18.2 Å². The van der Waals surface area contributed by atoms with Crippen LogP contribution in [-0.2, 0) is 9.53 Å². The van der Waals surface area contributed by atoms with E-state index in [1.165, 1.54) is 0 Å². The summed E-state index contributed by atoms with van der Waals surface area (Å²) in [6.45, 7) is 5.32. The number of ether oxygens (including phenoxy) is 1. The third kappa shape index (κ3) is 1.46. The van der Waals surface area contributed by atoms with Crippen molar-refractivity contribution in [1.29, 1.82) is 0 Å². The first-order valence-corrected chi connectivity index (χ1v) is 3.58. The summed E-state index contributed by atoms with van der Waals surface area (Å²) >= 11 is 0. The maximum Gasteiger partial charge on any atom is 0.340 e. The second-order valence-corrected chi connectivity index (χ2v) is 2.38. The Morgan fingerprint density at radius 1 is 1.67 bits per heavy atom. The lowest BCUT2D eigenvalue weighted by Crippen LogP contribution is -2.05. The Morgan fingerprint density at radius 3 is 2.75 bits per heavy atom. The summed E-state index contributed by atoms with van der Waals surface area (Å²) in [7, 11) is 0. The Morgan fingerprint density at radius 2 is 2.33 bits per heavy atom. The highest BCUT2D eigenvalue weighted by Gasteiger charge is 2.30. The molecule has 1 heterocycles. The highest BCUT2D eigenvalue weighted by Crippen LogP contribution is 2.23. The van der Waals surface area contributed by atoms with Gasteiger partial charge < -0.3 is 9.84 Å². The summed E-state index contributed by atoms with van der Waals surface area (Å²) in [5, 5.41) is 9.15. The number of esters is 1. The Labute approximate surface area is 70.7 Å². The summed E-state index contributed by atoms with van der Waals surface area (Å²) in [6.07, 6.45) is 3.96. The van der Waals surface area contributed by atoms with Gasteiger partial charge in [-0.1, -0.05) is 24.8 Å². The zero-order chi connectivity index (χ0) is 9.14. The van der Waals surface area contributed by atoms with E-state index in [-0.39, 0.29) is 5.57 Å². The molecule has 1 aliphatic rings. The molecule has 64 valence electrons. The van der Waals surface area contributed by atoms with Gasteiger partial charge in [0.15, 0.2) is 0 Å². The van der Waals surface area contributed by atoms with E-state index in [9.17, 15) is 4.79 Å². The van der Waals surface area contributed by atoms with Gasteiger partial charge in [-0.05, 0) is 6.92 Å². The molecule has 1 saturated heterocycles. The molecule has 0 aliphatic carbocycles. The molecule has 3 nitrogen and oxygen atoms in total. The minimum absolute atomic E-state index is 0.223. The third-order valence-corrected chi connectivity index (χ3v) is 1.55. The predicted octanol–water partition coefficient (Wildman–Crippen LogP) is 0.920. The van der Waals surface area contributed by atoms with Crippen molar-refractivity contribution in [2.45, 2.75) is 13.2 Å². The molecule has 0 aromatic heterocycles. The van der Waals surface area contributed by atoms with Crippen LogP contribution in [0.2, 0.25) is 0 Å². The van der Waals surface area contributed by atoms with Gasteiger partial charge in [0.05, 0.1) is 5.57 Å². The fourth-order valence-electron chi connectivity index (χ4n) is 0.886. The SMILES string of the molecule is C=C1C(=O)OC(O)/C1=C/C=C\C. The molecular weight excluding hydrogens is 156 g/mol. The molecule has 1 N–H and O–H groups in total. The van der Waals surface area contributed by atoms with Crippen LogP contribution in [0, 0.1) is 0 Å². The molecular formula is C9H10O3. The maximum atomic E-state index is 10.8. The van der Waals surface area contributed by atoms with Crippen molar-refractivity contribution >= 4 is 5.97 Å². The molecule has 0 radical (unpaired) electrons. The van der Waals surface area contributed by atoms with Crippen molar-refractivity contribution in [2.75, 3.05) is 0 Å². The predicted molar refractivity (Wildman–Crippen MR) is 44.1 cm³/mol. The number of aliphatic hydroxyl groups excluding tert-OH is 1. The molecule has 12 heavy (non-hydrogen) atoms. The minimum Gasteiger partial charge on any atom is -0.428 e. The van der Waals surface area contributed by atoms with Crippen LogP contribution in [-0.4, -0.2) is 17.4 Å². The van der Waals surface area contributed by atoms with Crippen LogP contribution < -0.4 is 0 Å². The first kappa shape index (κ1) is 8.74. The van der Waals surface area contributed by atoms with Gasteiger partial charge >= 0.3 is 5.97 Å². The van der Waals surface area contributed by atoms with Crippen molar-refractivity contribution in [3.63, 3.8) is 0 Å². The molecule has 1 rings (SSSR count). The molecule has 1 fully saturated rings. The number of carbonyl (C=O) groups is 1. The van der Waals surface area contributed by atoms with E-state index >= 15 is 0 Å². The molecule has 0 amide bonds. The average Bonchev–Trinajstić information content (AvgIpc) is 2.25. The molecule has 0 spiro atoms. The van der Waals surface area contributed by atoms with E-state index < -0.39 is 12.3 Å². The van der Waals surface area contributed by atoms with Gasteiger partial charge in [0, 0.05) is 5.57 Å². The van der Waals surface area contributed by atoms with Crippen molar-refractivity contribution in [1.82, 2.24) is 0 Å². The summed E-state index contributed by atoms with van der Waals surface area (Å²) in [4.78, 5) is 10.8. The van der Waals surface area contributed by atoms with Crippen LogP contribution in [0.5, 0.6) is 0 Å². The lowest BCUT2D eigenvalue weighted by atomic mass is 10.1. The average molecular weight is 166 g/mol. The molecule has 0 aromatic carbocycles. The van der Waals surface area contributed by atoms with Crippen molar-refractivity contribution in [3.8, 4) is 0 Å². The maximum absolute atomic E-state index is 10.8. The minimum atomic E-state index is -1.15. The van der Waals surface area contributed by atoms with Gasteiger partial charge in [0.1, 0.15) is 0 Å². The van der Waals surface area contributed by atoms with Crippen LogP contribution in [0.4, 0.5) is 0 Å². The number of hydrogen-bond acceptors (Lipinski definition) is 3. The van der Waals surface area contributed by atoms with Gasteiger partial charge in [-0.15, -0.1) is 0 Å². The molecule has 0 saturated carbocycles. The van der Waals surface area contributed by atoms with E-state index in [0.29, 0.717) is 5.57 Å². The summed E-state index contributed by atoms with van der Waals surface area (Å²) in [5.41, 5.74) is 0.652. The number of hydrogen-bond donors (Lipinski definition) is 1. The molecule has 3 heteroatoms. The highest BCUT2D eigenvalue weighted by molar-refractivity contribution is 5.96. The fourth-order valence-corrected chi connectivity index (χ4v) is 0.886. The smallest absolute Gasteiger partial charge is 0.340 e. The van der Waals surface area contributed by atoms with Gasteiger partial charge in [-0.3, -0.25) is 0 Å². The van der Waals surface area contributed by atoms with Crippen molar-refractivity contribution in [2.24, 2.45) is 0 Å². The van der Waals surface area contributed by atoms with Crippen LogP contribution in [0.3, 0.4) is 0 Å². The Kier molecular flexibility index (Phi) is 2.45. The normalized spacial score (nSPS) is 27.2.